The van der Waals surface area contributed by atoms with E-state index < -0.39 is 29.8 Å². The van der Waals surface area contributed by atoms with E-state index in [4.69, 9.17) is 9.47 Å². The van der Waals surface area contributed by atoms with E-state index in [0.717, 1.165) is 5.56 Å². The molecule has 1 aliphatic heterocycles. The van der Waals surface area contributed by atoms with Gasteiger partial charge >= 0.3 is 18.2 Å². The highest BCUT2D eigenvalue weighted by atomic mass is 16.6. The molecule has 0 bridgehead atoms. The molecule has 0 radical (unpaired) electrons. The van der Waals surface area contributed by atoms with Crippen LogP contribution in [0.5, 0.6) is 0 Å². The van der Waals surface area contributed by atoms with Gasteiger partial charge in [-0.1, -0.05) is 30.3 Å². The lowest BCUT2D eigenvalue weighted by Crippen LogP contribution is -2.43. The Labute approximate surface area is 158 Å². The van der Waals surface area contributed by atoms with Gasteiger partial charge in [-0.3, -0.25) is 4.90 Å². The molecule has 1 aliphatic rings. The van der Waals surface area contributed by atoms with Crippen molar-refractivity contribution in [3.05, 3.63) is 35.9 Å². The van der Waals surface area contributed by atoms with Gasteiger partial charge in [0.2, 0.25) is 0 Å². The third-order valence-corrected chi connectivity index (χ3v) is 4.05. The summed E-state index contributed by atoms with van der Waals surface area (Å²) in [5, 5.41) is 12.0. The van der Waals surface area contributed by atoms with Crippen molar-refractivity contribution in [1.82, 2.24) is 10.2 Å². The average Bonchev–Trinajstić information content (AvgIpc) is 3.02. The Bertz CT molecular complexity index is 671. The van der Waals surface area contributed by atoms with Gasteiger partial charge in [-0.15, -0.1) is 0 Å². The molecule has 0 saturated carbocycles. The Hall–Kier alpha value is -2.77. The van der Waals surface area contributed by atoms with E-state index in [-0.39, 0.29) is 32.0 Å². The van der Waals surface area contributed by atoms with E-state index in [1.54, 1.807) is 20.8 Å². The number of aliphatic carboxylic acids is 1. The molecule has 8 heteroatoms. The predicted octanol–water partition coefficient (Wildman–Crippen LogP) is 2.62. The first-order chi connectivity index (χ1) is 12.7. The number of nitrogens with zero attached hydrogens (tertiary/aromatic N) is 1. The van der Waals surface area contributed by atoms with Gasteiger partial charge in [0, 0.05) is 13.1 Å². The molecule has 2 unspecified atom stereocenters. The SMILES string of the molecule is CC(C)(C)OC(=O)N1CC(CNC(=O)OCc2ccccc2)CC1C(=O)O. The fourth-order valence-electron chi connectivity index (χ4n) is 2.83. The van der Waals surface area contributed by atoms with Crippen LogP contribution in [0.2, 0.25) is 0 Å². The van der Waals surface area contributed by atoms with E-state index >= 15 is 0 Å². The predicted molar refractivity (Wildman–Crippen MR) is 97.1 cm³/mol. The summed E-state index contributed by atoms with van der Waals surface area (Å²) in [5.74, 6) is -1.28. The normalized spacial score (nSPS) is 19.4. The number of amides is 2. The largest absolute Gasteiger partial charge is 0.480 e. The van der Waals surface area contributed by atoms with Crippen LogP contribution in [0.15, 0.2) is 30.3 Å². The molecule has 27 heavy (non-hydrogen) atoms. The van der Waals surface area contributed by atoms with E-state index in [0.29, 0.717) is 0 Å². The van der Waals surface area contributed by atoms with Crippen LogP contribution in [0.25, 0.3) is 0 Å². The van der Waals surface area contributed by atoms with Crippen molar-refractivity contribution in [2.75, 3.05) is 13.1 Å². The maximum atomic E-state index is 12.2. The van der Waals surface area contributed by atoms with E-state index in [2.05, 4.69) is 5.32 Å². The molecule has 0 aliphatic carbocycles. The van der Waals surface area contributed by atoms with Crippen LogP contribution in [0.4, 0.5) is 9.59 Å². The zero-order valence-electron chi connectivity index (χ0n) is 15.8. The van der Waals surface area contributed by atoms with E-state index in [1.165, 1.54) is 4.90 Å². The van der Waals surface area contributed by atoms with Crippen LogP contribution in [0, 0.1) is 5.92 Å². The number of carboxylic acid groups (broad SMARTS) is 1. The number of ether oxygens (including phenoxy) is 2. The molecule has 8 nitrogen and oxygen atoms in total. The molecule has 1 fully saturated rings. The van der Waals surface area contributed by atoms with Crippen molar-refractivity contribution in [3.63, 3.8) is 0 Å². The van der Waals surface area contributed by atoms with Crippen molar-refractivity contribution in [2.24, 2.45) is 5.92 Å². The first-order valence-electron chi connectivity index (χ1n) is 8.82. The van der Waals surface area contributed by atoms with Crippen LogP contribution >= 0.6 is 0 Å². The summed E-state index contributed by atoms with van der Waals surface area (Å²) in [7, 11) is 0. The van der Waals surface area contributed by atoms with Crippen molar-refractivity contribution in [2.45, 2.75) is 45.4 Å². The van der Waals surface area contributed by atoms with Gasteiger partial charge in [0.1, 0.15) is 18.2 Å². The smallest absolute Gasteiger partial charge is 0.411 e. The lowest BCUT2D eigenvalue weighted by Gasteiger charge is -2.26. The highest BCUT2D eigenvalue weighted by Crippen LogP contribution is 2.25. The zero-order valence-corrected chi connectivity index (χ0v) is 15.8. The monoisotopic (exact) mass is 378 g/mol. The summed E-state index contributed by atoms with van der Waals surface area (Å²) < 4.78 is 10.4. The number of carboxylic acids is 1. The van der Waals surface area contributed by atoms with Gasteiger partial charge < -0.3 is 19.9 Å². The number of hydrogen-bond donors (Lipinski definition) is 2. The standard InChI is InChI=1S/C19H26N2O6/c1-19(2,3)27-18(25)21-11-14(9-15(21)16(22)23)10-20-17(24)26-12-13-7-5-4-6-8-13/h4-8,14-15H,9-12H2,1-3H3,(H,20,24)(H,22,23). The maximum Gasteiger partial charge on any atom is 0.411 e. The van der Waals surface area contributed by atoms with E-state index in [1.807, 2.05) is 30.3 Å². The summed E-state index contributed by atoms with van der Waals surface area (Å²) in [6, 6.07) is 8.31. The second-order valence-corrected chi connectivity index (χ2v) is 7.53. The van der Waals surface area contributed by atoms with E-state index in [9.17, 15) is 19.5 Å². The Morgan fingerprint density at radius 2 is 1.89 bits per heavy atom. The van der Waals surface area contributed by atoms with Gasteiger partial charge in [0.15, 0.2) is 0 Å². The second kappa shape index (κ2) is 8.75. The number of alkyl carbamates (subject to hydrolysis) is 1. The molecule has 0 aromatic heterocycles. The first kappa shape index (κ1) is 20.5. The molecule has 2 N–H and O–H groups in total. The molecule has 2 atom stereocenters. The lowest BCUT2D eigenvalue weighted by atomic mass is 10.1. The van der Waals surface area contributed by atoms with Crippen LogP contribution in [0.1, 0.15) is 32.8 Å². The van der Waals surface area contributed by atoms with Crippen LogP contribution in [0.3, 0.4) is 0 Å². The Balaban J connectivity index is 1.83. The molecular weight excluding hydrogens is 352 g/mol. The fraction of sp³-hybridized carbons (Fsp3) is 0.526. The number of hydrogen-bond acceptors (Lipinski definition) is 5. The van der Waals surface area contributed by atoms with Crippen LogP contribution in [-0.2, 0) is 20.9 Å². The third kappa shape index (κ3) is 6.47. The minimum absolute atomic E-state index is 0.152. The topological polar surface area (TPSA) is 105 Å². The van der Waals surface area contributed by atoms with Gasteiger partial charge in [0.25, 0.3) is 0 Å². The molecule has 1 heterocycles. The first-order valence-corrected chi connectivity index (χ1v) is 8.82. The molecule has 2 amide bonds. The Kier molecular flexibility index (Phi) is 6.65. The number of likely N-dealkylation sites (tertiary alicyclic amines) is 1. The molecule has 2 rings (SSSR count). The van der Waals surface area contributed by atoms with Crippen molar-refractivity contribution in [3.8, 4) is 0 Å². The molecule has 1 aromatic carbocycles. The molecule has 0 spiro atoms. The fourth-order valence-corrected chi connectivity index (χ4v) is 2.83. The van der Waals surface area contributed by atoms with Crippen molar-refractivity contribution < 1.29 is 29.0 Å². The van der Waals surface area contributed by atoms with Crippen molar-refractivity contribution in [1.29, 1.82) is 0 Å². The van der Waals surface area contributed by atoms with Crippen LogP contribution in [-0.4, -0.2) is 52.9 Å². The number of nitrogens with one attached hydrogen (secondary N) is 1. The van der Waals surface area contributed by atoms with Gasteiger partial charge in [0.05, 0.1) is 0 Å². The van der Waals surface area contributed by atoms with Gasteiger partial charge in [-0.05, 0) is 38.7 Å². The Morgan fingerprint density at radius 1 is 1.22 bits per heavy atom. The minimum Gasteiger partial charge on any atom is -0.480 e. The quantitative estimate of drug-likeness (QED) is 0.816. The lowest BCUT2D eigenvalue weighted by molar-refractivity contribution is -0.142. The second-order valence-electron chi connectivity index (χ2n) is 7.53. The average molecular weight is 378 g/mol. The molecule has 148 valence electrons. The van der Waals surface area contributed by atoms with Gasteiger partial charge in [-0.25, -0.2) is 14.4 Å². The number of carbonyl (C=O) groups is 3. The van der Waals surface area contributed by atoms with Crippen molar-refractivity contribution >= 4 is 18.2 Å². The summed E-state index contributed by atoms with van der Waals surface area (Å²) in [5.41, 5.74) is 0.160. The Morgan fingerprint density at radius 3 is 2.48 bits per heavy atom. The highest BCUT2D eigenvalue weighted by molar-refractivity contribution is 5.81. The summed E-state index contributed by atoms with van der Waals surface area (Å²) in [4.78, 5) is 36.8. The maximum absolute atomic E-state index is 12.2. The molecule has 1 saturated heterocycles. The number of carbonyl (C=O) groups excluding carboxylic acids is 2. The zero-order chi connectivity index (χ0) is 20.0. The van der Waals surface area contributed by atoms with Crippen LogP contribution < -0.4 is 5.32 Å². The summed E-state index contributed by atoms with van der Waals surface area (Å²) in [6.45, 7) is 5.73. The number of rotatable bonds is 5. The minimum atomic E-state index is -1.09. The summed E-state index contributed by atoms with van der Waals surface area (Å²) in [6.07, 6.45) is -1.00. The number of benzene rings is 1. The molecule has 1 aromatic rings. The van der Waals surface area contributed by atoms with Gasteiger partial charge in [-0.2, -0.15) is 0 Å². The highest BCUT2D eigenvalue weighted by Gasteiger charge is 2.41. The third-order valence-electron chi connectivity index (χ3n) is 4.05. The molecular formula is C19H26N2O6. The summed E-state index contributed by atoms with van der Waals surface area (Å²) >= 11 is 0.